The number of hydrogen-bond donors (Lipinski definition) is 1. The van der Waals surface area contributed by atoms with Crippen LogP contribution in [0.2, 0.25) is 0 Å². The molecule has 1 N–H and O–H groups in total. The van der Waals surface area contributed by atoms with Crippen LogP contribution in [0.4, 0.5) is 10.1 Å². The Hall–Kier alpha value is -1.09. The standard InChI is InChI=1S/C16H27FN2/c1-4-11-18-15(5-2)9-7-12-19(3)16-10-6-8-14(17)13-16/h6,8,10,13,15,18H,4-5,7,9,11-12H2,1-3H3. The van der Waals surface area contributed by atoms with Crippen molar-refractivity contribution in [2.75, 3.05) is 25.0 Å². The van der Waals surface area contributed by atoms with Crippen molar-refractivity contribution >= 4 is 5.69 Å². The fraction of sp³-hybridized carbons (Fsp3) is 0.625. The lowest BCUT2D eigenvalue weighted by Crippen LogP contribution is -2.30. The molecule has 0 aliphatic carbocycles. The zero-order valence-electron chi connectivity index (χ0n) is 12.5. The lowest BCUT2D eigenvalue weighted by molar-refractivity contribution is 0.456. The highest BCUT2D eigenvalue weighted by molar-refractivity contribution is 5.45. The highest BCUT2D eigenvalue weighted by Gasteiger charge is 2.06. The summed E-state index contributed by atoms with van der Waals surface area (Å²) in [6.07, 6.45) is 4.65. The number of halogens is 1. The first kappa shape index (κ1) is 16.0. The van der Waals surface area contributed by atoms with E-state index >= 15 is 0 Å². The van der Waals surface area contributed by atoms with E-state index in [4.69, 9.17) is 0 Å². The van der Waals surface area contributed by atoms with Crippen molar-refractivity contribution in [1.29, 1.82) is 0 Å². The molecule has 1 atom stereocenters. The molecule has 0 amide bonds. The van der Waals surface area contributed by atoms with Crippen molar-refractivity contribution in [2.24, 2.45) is 0 Å². The van der Waals surface area contributed by atoms with Crippen LogP contribution in [0.5, 0.6) is 0 Å². The Morgan fingerprint density at radius 3 is 2.74 bits per heavy atom. The summed E-state index contributed by atoms with van der Waals surface area (Å²) in [6.45, 7) is 6.48. The van der Waals surface area contributed by atoms with Crippen molar-refractivity contribution in [3.63, 3.8) is 0 Å². The van der Waals surface area contributed by atoms with Crippen LogP contribution in [0.3, 0.4) is 0 Å². The van der Waals surface area contributed by atoms with E-state index in [0.29, 0.717) is 6.04 Å². The summed E-state index contributed by atoms with van der Waals surface area (Å²) in [5.74, 6) is -0.166. The van der Waals surface area contributed by atoms with Gasteiger partial charge in [0.05, 0.1) is 0 Å². The third kappa shape index (κ3) is 6.06. The Morgan fingerprint density at radius 2 is 2.11 bits per heavy atom. The highest BCUT2D eigenvalue weighted by atomic mass is 19.1. The van der Waals surface area contributed by atoms with Gasteiger partial charge in [0.15, 0.2) is 0 Å². The Kier molecular flexibility index (Phi) is 7.49. The van der Waals surface area contributed by atoms with Gasteiger partial charge in [0.25, 0.3) is 0 Å². The van der Waals surface area contributed by atoms with Crippen LogP contribution in [0.25, 0.3) is 0 Å². The highest BCUT2D eigenvalue weighted by Crippen LogP contribution is 2.14. The zero-order chi connectivity index (χ0) is 14.1. The summed E-state index contributed by atoms with van der Waals surface area (Å²) in [5.41, 5.74) is 0.953. The van der Waals surface area contributed by atoms with E-state index in [1.165, 1.54) is 25.3 Å². The van der Waals surface area contributed by atoms with Crippen molar-refractivity contribution in [3.8, 4) is 0 Å². The molecule has 0 aliphatic heterocycles. The molecule has 0 fully saturated rings. The third-order valence-electron chi connectivity index (χ3n) is 3.47. The Labute approximate surface area is 117 Å². The van der Waals surface area contributed by atoms with E-state index in [1.807, 2.05) is 13.1 Å². The maximum Gasteiger partial charge on any atom is 0.125 e. The molecule has 0 saturated carbocycles. The minimum atomic E-state index is -0.166. The van der Waals surface area contributed by atoms with Crippen LogP contribution in [0, 0.1) is 5.82 Å². The second kappa shape index (κ2) is 8.92. The molecule has 1 unspecified atom stereocenters. The van der Waals surface area contributed by atoms with E-state index in [1.54, 1.807) is 12.1 Å². The van der Waals surface area contributed by atoms with Crippen LogP contribution < -0.4 is 10.2 Å². The van der Waals surface area contributed by atoms with Gasteiger partial charge >= 0.3 is 0 Å². The molecule has 0 heterocycles. The molecule has 0 radical (unpaired) electrons. The fourth-order valence-electron chi connectivity index (χ4n) is 2.22. The summed E-state index contributed by atoms with van der Waals surface area (Å²) in [5, 5.41) is 3.56. The molecule has 0 bridgehead atoms. The maximum atomic E-state index is 13.1. The lowest BCUT2D eigenvalue weighted by atomic mass is 10.1. The smallest absolute Gasteiger partial charge is 0.125 e. The molecule has 3 heteroatoms. The molecule has 1 rings (SSSR count). The predicted octanol–water partition coefficient (Wildman–Crippen LogP) is 3.82. The number of nitrogens with zero attached hydrogens (tertiary/aromatic N) is 1. The van der Waals surface area contributed by atoms with Gasteiger partial charge in [-0.1, -0.05) is 19.9 Å². The number of nitrogens with one attached hydrogen (secondary N) is 1. The van der Waals surface area contributed by atoms with Gasteiger partial charge in [-0.3, -0.25) is 0 Å². The minimum Gasteiger partial charge on any atom is -0.375 e. The second-order valence-corrected chi connectivity index (χ2v) is 5.10. The zero-order valence-corrected chi connectivity index (χ0v) is 12.5. The molecule has 1 aromatic rings. The van der Waals surface area contributed by atoms with Crippen LogP contribution in [0.1, 0.15) is 39.5 Å². The van der Waals surface area contributed by atoms with Crippen molar-refractivity contribution in [2.45, 2.75) is 45.6 Å². The summed E-state index contributed by atoms with van der Waals surface area (Å²) < 4.78 is 13.1. The molecule has 0 aliphatic rings. The van der Waals surface area contributed by atoms with Gasteiger partial charge in [-0.2, -0.15) is 0 Å². The molecule has 0 saturated heterocycles. The first-order chi connectivity index (χ1) is 9.17. The van der Waals surface area contributed by atoms with E-state index in [2.05, 4.69) is 24.1 Å². The summed E-state index contributed by atoms with van der Waals surface area (Å²) in [4.78, 5) is 2.12. The van der Waals surface area contributed by atoms with Gasteiger partial charge in [0, 0.05) is 25.3 Å². The van der Waals surface area contributed by atoms with Gasteiger partial charge in [0.2, 0.25) is 0 Å². The SMILES string of the molecule is CCCNC(CC)CCCN(C)c1cccc(F)c1. The van der Waals surface area contributed by atoms with E-state index in [9.17, 15) is 4.39 Å². The van der Waals surface area contributed by atoms with Gasteiger partial charge in [0.1, 0.15) is 5.82 Å². The fourth-order valence-corrected chi connectivity index (χ4v) is 2.22. The Balaban J connectivity index is 2.31. The molecule has 2 nitrogen and oxygen atoms in total. The van der Waals surface area contributed by atoms with Crippen molar-refractivity contribution in [1.82, 2.24) is 5.32 Å². The third-order valence-corrected chi connectivity index (χ3v) is 3.47. The number of benzene rings is 1. The minimum absolute atomic E-state index is 0.166. The van der Waals surface area contributed by atoms with Crippen LogP contribution in [-0.4, -0.2) is 26.2 Å². The molecule has 108 valence electrons. The van der Waals surface area contributed by atoms with E-state index in [-0.39, 0.29) is 5.82 Å². The maximum absolute atomic E-state index is 13.1. The molecule has 19 heavy (non-hydrogen) atoms. The number of rotatable bonds is 9. The summed E-state index contributed by atoms with van der Waals surface area (Å²) in [6, 6.07) is 7.40. The summed E-state index contributed by atoms with van der Waals surface area (Å²) >= 11 is 0. The molecular formula is C16H27FN2. The van der Waals surface area contributed by atoms with Gasteiger partial charge in [-0.25, -0.2) is 4.39 Å². The van der Waals surface area contributed by atoms with Crippen molar-refractivity contribution < 1.29 is 4.39 Å². The van der Waals surface area contributed by atoms with Crippen LogP contribution in [0.15, 0.2) is 24.3 Å². The topological polar surface area (TPSA) is 15.3 Å². The average Bonchev–Trinajstić information content (AvgIpc) is 2.42. The predicted molar refractivity (Wildman–Crippen MR) is 81.3 cm³/mol. The van der Waals surface area contributed by atoms with Gasteiger partial charge in [-0.15, -0.1) is 0 Å². The van der Waals surface area contributed by atoms with E-state index < -0.39 is 0 Å². The number of hydrogen-bond acceptors (Lipinski definition) is 2. The molecule has 0 spiro atoms. The van der Waals surface area contributed by atoms with Gasteiger partial charge < -0.3 is 10.2 Å². The van der Waals surface area contributed by atoms with Crippen molar-refractivity contribution in [3.05, 3.63) is 30.1 Å². The summed E-state index contributed by atoms with van der Waals surface area (Å²) in [7, 11) is 2.02. The largest absolute Gasteiger partial charge is 0.375 e. The molecule has 1 aromatic carbocycles. The van der Waals surface area contributed by atoms with Crippen LogP contribution >= 0.6 is 0 Å². The second-order valence-electron chi connectivity index (χ2n) is 5.10. The first-order valence-electron chi connectivity index (χ1n) is 7.37. The average molecular weight is 266 g/mol. The molecule has 0 aromatic heterocycles. The van der Waals surface area contributed by atoms with Gasteiger partial charge in [-0.05, 0) is 50.4 Å². The monoisotopic (exact) mass is 266 g/mol. The Bertz CT molecular complexity index is 354. The normalized spacial score (nSPS) is 12.4. The van der Waals surface area contributed by atoms with Crippen LogP contribution in [-0.2, 0) is 0 Å². The quantitative estimate of drug-likeness (QED) is 0.731. The Morgan fingerprint density at radius 1 is 1.32 bits per heavy atom. The lowest BCUT2D eigenvalue weighted by Gasteiger charge is -2.21. The number of anilines is 1. The first-order valence-corrected chi connectivity index (χ1v) is 7.37. The van der Waals surface area contributed by atoms with E-state index in [0.717, 1.165) is 25.2 Å². The molecular weight excluding hydrogens is 239 g/mol.